The number of rotatable bonds is 7. The molecule has 3 rings (SSSR count). The minimum absolute atomic E-state index is 0.387. The summed E-state index contributed by atoms with van der Waals surface area (Å²) in [7, 11) is 0. The molecular formula is C19H23N5O2. The van der Waals surface area contributed by atoms with Gasteiger partial charge in [-0.25, -0.2) is 9.97 Å². The first-order valence-corrected chi connectivity index (χ1v) is 8.84. The van der Waals surface area contributed by atoms with Crippen LogP contribution in [0.5, 0.6) is 11.5 Å². The van der Waals surface area contributed by atoms with Gasteiger partial charge in [0.2, 0.25) is 0 Å². The zero-order valence-corrected chi connectivity index (χ0v) is 15.0. The number of nitrogens with zero attached hydrogens (tertiary/aromatic N) is 5. The van der Waals surface area contributed by atoms with E-state index in [0.29, 0.717) is 24.7 Å². The average Bonchev–Trinajstić information content (AvgIpc) is 2.69. The van der Waals surface area contributed by atoms with Gasteiger partial charge in [0.1, 0.15) is 24.2 Å². The summed E-state index contributed by atoms with van der Waals surface area (Å²) in [5.74, 6) is 2.34. The third-order valence-corrected chi connectivity index (χ3v) is 4.25. The monoisotopic (exact) mass is 353 g/mol. The van der Waals surface area contributed by atoms with Crippen LogP contribution in [0.15, 0.2) is 36.7 Å². The van der Waals surface area contributed by atoms with Crippen LogP contribution in [-0.4, -0.2) is 60.8 Å². The second kappa shape index (κ2) is 9.02. The van der Waals surface area contributed by atoms with Crippen LogP contribution >= 0.6 is 0 Å². The van der Waals surface area contributed by atoms with Gasteiger partial charge in [0, 0.05) is 51.2 Å². The zero-order chi connectivity index (χ0) is 18.2. The Morgan fingerprint density at radius 3 is 2.54 bits per heavy atom. The van der Waals surface area contributed by atoms with Crippen molar-refractivity contribution in [3.05, 3.63) is 42.4 Å². The Morgan fingerprint density at radius 1 is 1.08 bits per heavy atom. The van der Waals surface area contributed by atoms with Crippen LogP contribution in [0, 0.1) is 11.3 Å². The Morgan fingerprint density at radius 2 is 1.81 bits per heavy atom. The molecule has 136 valence electrons. The molecule has 0 atom stereocenters. The average molecular weight is 353 g/mol. The van der Waals surface area contributed by atoms with E-state index in [1.165, 1.54) is 0 Å². The quantitative estimate of drug-likeness (QED) is 0.753. The van der Waals surface area contributed by atoms with Gasteiger partial charge in [0.15, 0.2) is 11.5 Å². The molecule has 26 heavy (non-hydrogen) atoms. The van der Waals surface area contributed by atoms with E-state index < -0.39 is 0 Å². The summed E-state index contributed by atoms with van der Waals surface area (Å²) < 4.78 is 11.3. The molecule has 7 nitrogen and oxygen atoms in total. The van der Waals surface area contributed by atoms with E-state index in [0.717, 1.165) is 44.2 Å². The van der Waals surface area contributed by atoms with Gasteiger partial charge in [-0.05, 0) is 19.1 Å². The lowest BCUT2D eigenvalue weighted by molar-refractivity contribution is 0.200. The van der Waals surface area contributed by atoms with E-state index in [-0.39, 0.29) is 0 Å². The van der Waals surface area contributed by atoms with Gasteiger partial charge in [-0.2, -0.15) is 5.26 Å². The molecule has 0 bridgehead atoms. The van der Waals surface area contributed by atoms with E-state index in [1.807, 2.05) is 31.2 Å². The number of benzene rings is 1. The van der Waals surface area contributed by atoms with Gasteiger partial charge in [-0.15, -0.1) is 0 Å². The van der Waals surface area contributed by atoms with Crippen LogP contribution in [0.3, 0.4) is 0 Å². The normalized spacial score (nSPS) is 14.7. The van der Waals surface area contributed by atoms with Crippen molar-refractivity contribution in [1.29, 1.82) is 5.26 Å². The molecule has 7 heteroatoms. The predicted octanol–water partition coefficient (Wildman–Crippen LogP) is 1.95. The maximum absolute atomic E-state index is 9.16. The van der Waals surface area contributed by atoms with E-state index >= 15 is 0 Å². The molecule has 0 unspecified atom stereocenters. The van der Waals surface area contributed by atoms with Gasteiger partial charge >= 0.3 is 0 Å². The van der Waals surface area contributed by atoms with Crippen molar-refractivity contribution >= 4 is 5.82 Å². The molecule has 2 heterocycles. The highest BCUT2D eigenvalue weighted by molar-refractivity contribution is 5.49. The van der Waals surface area contributed by atoms with Crippen molar-refractivity contribution in [2.24, 2.45) is 0 Å². The number of aromatic nitrogens is 2. The van der Waals surface area contributed by atoms with Crippen molar-refractivity contribution in [3.63, 3.8) is 0 Å². The highest BCUT2D eigenvalue weighted by atomic mass is 16.5. The highest BCUT2D eigenvalue weighted by Crippen LogP contribution is 2.20. The fraction of sp³-hybridized carbons (Fsp3) is 0.421. The van der Waals surface area contributed by atoms with Crippen LogP contribution in [0.25, 0.3) is 0 Å². The molecule has 1 aromatic carbocycles. The van der Waals surface area contributed by atoms with Crippen LogP contribution in [0.1, 0.15) is 12.6 Å². The Bertz CT molecular complexity index is 754. The number of anilines is 1. The lowest BCUT2D eigenvalue weighted by Gasteiger charge is -2.35. The third-order valence-electron chi connectivity index (χ3n) is 4.25. The van der Waals surface area contributed by atoms with Crippen molar-refractivity contribution in [2.75, 3.05) is 50.8 Å². The molecular weight excluding hydrogens is 330 g/mol. The SMILES string of the molecule is CCOc1cccc(OCCN2CCN(c3nccnc3C#N)CC2)c1. The number of hydrogen-bond donors (Lipinski definition) is 0. The highest BCUT2D eigenvalue weighted by Gasteiger charge is 2.20. The van der Waals surface area contributed by atoms with Gasteiger partial charge < -0.3 is 14.4 Å². The lowest BCUT2D eigenvalue weighted by Crippen LogP contribution is -2.48. The Hall–Kier alpha value is -2.85. The number of ether oxygens (including phenoxy) is 2. The largest absolute Gasteiger partial charge is 0.494 e. The van der Waals surface area contributed by atoms with Crippen LogP contribution in [0.2, 0.25) is 0 Å². The summed E-state index contributed by atoms with van der Waals surface area (Å²) in [6, 6.07) is 9.83. The fourth-order valence-electron chi connectivity index (χ4n) is 2.94. The summed E-state index contributed by atoms with van der Waals surface area (Å²) in [4.78, 5) is 12.9. The van der Waals surface area contributed by atoms with Crippen LogP contribution in [0.4, 0.5) is 5.82 Å². The van der Waals surface area contributed by atoms with Gasteiger partial charge in [-0.3, -0.25) is 4.90 Å². The molecule has 0 spiro atoms. The third kappa shape index (κ3) is 4.61. The van der Waals surface area contributed by atoms with Crippen molar-refractivity contribution in [1.82, 2.24) is 14.9 Å². The predicted molar refractivity (Wildman–Crippen MR) is 98.5 cm³/mol. The molecule has 0 amide bonds. The Labute approximate surface area is 153 Å². The van der Waals surface area contributed by atoms with E-state index in [9.17, 15) is 0 Å². The molecule has 0 aliphatic carbocycles. The van der Waals surface area contributed by atoms with Gasteiger partial charge in [-0.1, -0.05) is 6.07 Å². The molecule has 0 saturated carbocycles. The minimum atomic E-state index is 0.387. The molecule has 0 N–H and O–H groups in total. The molecule has 2 aromatic rings. The summed E-state index contributed by atoms with van der Waals surface area (Å²) in [5.41, 5.74) is 0.387. The second-order valence-electron chi connectivity index (χ2n) is 5.93. The van der Waals surface area contributed by atoms with Crippen LogP contribution in [-0.2, 0) is 0 Å². The first-order valence-electron chi connectivity index (χ1n) is 8.84. The summed E-state index contributed by atoms with van der Waals surface area (Å²) >= 11 is 0. The maximum atomic E-state index is 9.16. The number of piperazine rings is 1. The summed E-state index contributed by atoms with van der Waals surface area (Å²) in [6.45, 7) is 7.57. The topological polar surface area (TPSA) is 74.5 Å². The molecule has 1 saturated heterocycles. The second-order valence-corrected chi connectivity index (χ2v) is 5.93. The molecule has 1 fully saturated rings. The van der Waals surface area contributed by atoms with Gasteiger partial charge in [0.05, 0.1) is 6.61 Å². The molecule has 1 aliphatic heterocycles. The lowest BCUT2D eigenvalue weighted by atomic mass is 10.3. The minimum Gasteiger partial charge on any atom is -0.494 e. The van der Waals surface area contributed by atoms with Gasteiger partial charge in [0.25, 0.3) is 0 Å². The smallest absolute Gasteiger partial charge is 0.183 e. The summed E-state index contributed by atoms with van der Waals surface area (Å²) in [6.07, 6.45) is 3.18. The summed E-state index contributed by atoms with van der Waals surface area (Å²) in [5, 5.41) is 9.16. The first-order chi connectivity index (χ1) is 12.8. The van der Waals surface area contributed by atoms with E-state index in [4.69, 9.17) is 14.7 Å². The molecule has 1 aromatic heterocycles. The standard InChI is InChI=1S/C19H23N5O2/c1-2-25-16-4-3-5-17(14-16)26-13-12-23-8-10-24(11-9-23)19-18(15-20)21-6-7-22-19/h3-7,14H,2,8-13H2,1H3. The van der Waals surface area contributed by atoms with Crippen LogP contribution < -0.4 is 14.4 Å². The molecule has 1 aliphatic rings. The Balaban J connectivity index is 1.45. The van der Waals surface area contributed by atoms with E-state index in [1.54, 1.807) is 12.4 Å². The fourth-order valence-corrected chi connectivity index (χ4v) is 2.94. The Kier molecular flexibility index (Phi) is 6.23. The van der Waals surface area contributed by atoms with Crippen molar-refractivity contribution < 1.29 is 9.47 Å². The van der Waals surface area contributed by atoms with E-state index in [2.05, 4.69) is 25.8 Å². The molecule has 0 radical (unpaired) electrons. The van der Waals surface area contributed by atoms with Crippen molar-refractivity contribution in [3.8, 4) is 17.6 Å². The number of nitriles is 1. The maximum Gasteiger partial charge on any atom is 0.183 e. The van der Waals surface area contributed by atoms with Crippen molar-refractivity contribution in [2.45, 2.75) is 6.92 Å². The zero-order valence-electron chi connectivity index (χ0n) is 15.0. The first kappa shape index (κ1) is 18.0. The number of hydrogen-bond acceptors (Lipinski definition) is 7.